The lowest BCUT2D eigenvalue weighted by molar-refractivity contribution is 0.585. The normalized spacial score (nSPS) is 15.3. The van der Waals surface area contributed by atoms with Crippen molar-refractivity contribution in [2.24, 2.45) is 5.92 Å². The van der Waals surface area contributed by atoms with E-state index in [1.807, 2.05) is 0 Å². The van der Waals surface area contributed by atoms with E-state index in [-0.39, 0.29) is 5.82 Å². The predicted octanol–water partition coefficient (Wildman–Crippen LogP) is 4.52. The summed E-state index contributed by atoms with van der Waals surface area (Å²) in [6.45, 7) is 0.911. The number of halogens is 3. The molecule has 2 nitrogen and oxygen atoms in total. The lowest BCUT2D eigenvalue weighted by Gasteiger charge is -2.08. The van der Waals surface area contributed by atoms with Crippen molar-refractivity contribution in [3.63, 3.8) is 0 Å². The molecule has 1 aliphatic rings. The average molecular weight is 346 g/mol. The Balaban J connectivity index is 2.02. The van der Waals surface area contributed by atoms with Crippen molar-refractivity contribution in [2.75, 3.05) is 5.88 Å². The van der Waals surface area contributed by atoms with E-state index in [4.69, 9.17) is 11.6 Å². The first-order valence-corrected chi connectivity index (χ1v) is 7.92. The van der Waals surface area contributed by atoms with Gasteiger partial charge in [0.15, 0.2) is 0 Å². The van der Waals surface area contributed by atoms with E-state index >= 15 is 0 Å². The van der Waals surface area contributed by atoms with Crippen LogP contribution in [0.15, 0.2) is 16.6 Å². The van der Waals surface area contributed by atoms with Crippen LogP contribution in [0.2, 0.25) is 0 Å². The maximum absolute atomic E-state index is 13.7. The smallest absolute Gasteiger partial charge is 0.139 e. The van der Waals surface area contributed by atoms with Crippen molar-refractivity contribution >= 4 is 38.6 Å². The number of hydrogen-bond donors (Lipinski definition) is 0. The summed E-state index contributed by atoms with van der Waals surface area (Å²) in [5.74, 6) is 2.11. The molecule has 0 spiro atoms. The van der Waals surface area contributed by atoms with Crippen molar-refractivity contribution in [1.29, 1.82) is 0 Å². The minimum Gasteiger partial charge on any atom is -0.328 e. The first-order chi connectivity index (χ1) is 9.19. The molecular formula is C14H15BrClFN2. The van der Waals surface area contributed by atoms with Crippen LogP contribution in [0.5, 0.6) is 0 Å². The van der Waals surface area contributed by atoms with Crippen LogP contribution >= 0.6 is 27.5 Å². The monoisotopic (exact) mass is 344 g/mol. The number of fused-ring (bicyclic) bond motifs is 1. The second-order valence-corrected chi connectivity index (χ2v) is 6.34. The van der Waals surface area contributed by atoms with Crippen molar-refractivity contribution in [1.82, 2.24) is 9.55 Å². The third-order valence-corrected chi connectivity index (χ3v) is 4.44. The first-order valence-electron chi connectivity index (χ1n) is 6.59. The Morgan fingerprint density at radius 2 is 2.21 bits per heavy atom. The molecule has 19 heavy (non-hydrogen) atoms. The lowest BCUT2D eigenvalue weighted by atomic mass is 10.2. The third kappa shape index (κ3) is 2.79. The molecule has 0 saturated heterocycles. The molecule has 2 aromatic rings. The molecule has 1 heterocycles. The predicted molar refractivity (Wildman–Crippen MR) is 79.2 cm³/mol. The zero-order chi connectivity index (χ0) is 13.4. The maximum atomic E-state index is 13.7. The fourth-order valence-corrected chi connectivity index (χ4v) is 2.91. The average Bonchev–Trinajstić information content (AvgIpc) is 3.14. The molecule has 1 fully saturated rings. The van der Waals surface area contributed by atoms with Gasteiger partial charge < -0.3 is 4.57 Å². The number of benzene rings is 1. The number of aromatic nitrogens is 2. The van der Waals surface area contributed by atoms with Gasteiger partial charge in [0.1, 0.15) is 11.6 Å². The van der Waals surface area contributed by atoms with Crippen LogP contribution in [0, 0.1) is 11.7 Å². The van der Waals surface area contributed by atoms with E-state index in [1.54, 1.807) is 12.1 Å². The molecule has 0 aliphatic heterocycles. The highest BCUT2D eigenvalue weighted by Gasteiger charge is 2.22. The fraction of sp³-hybridized carbons (Fsp3) is 0.500. The van der Waals surface area contributed by atoms with Crippen LogP contribution in [0.3, 0.4) is 0 Å². The van der Waals surface area contributed by atoms with Crippen molar-refractivity contribution in [3.8, 4) is 0 Å². The molecule has 0 amide bonds. The van der Waals surface area contributed by atoms with Crippen LogP contribution in [0.4, 0.5) is 4.39 Å². The molecule has 0 bridgehead atoms. The van der Waals surface area contributed by atoms with Gasteiger partial charge in [-0.05, 0) is 34.3 Å². The Labute approximate surface area is 125 Å². The van der Waals surface area contributed by atoms with Gasteiger partial charge >= 0.3 is 0 Å². The van der Waals surface area contributed by atoms with Crippen LogP contribution in [-0.2, 0) is 13.0 Å². The number of hydrogen-bond acceptors (Lipinski definition) is 1. The molecule has 102 valence electrons. The number of rotatable bonds is 5. The third-order valence-electron chi connectivity index (χ3n) is 3.65. The largest absolute Gasteiger partial charge is 0.328 e. The van der Waals surface area contributed by atoms with Crippen molar-refractivity contribution in [3.05, 3.63) is 28.2 Å². The van der Waals surface area contributed by atoms with Gasteiger partial charge in [-0.3, -0.25) is 0 Å². The van der Waals surface area contributed by atoms with E-state index < -0.39 is 0 Å². The number of nitrogens with zero attached hydrogens (tertiary/aromatic N) is 2. The SMILES string of the molecule is Fc1cc2c(cc1Br)nc(CCCl)n2CCC1CC1. The molecular weight excluding hydrogens is 331 g/mol. The fourth-order valence-electron chi connectivity index (χ4n) is 2.41. The zero-order valence-corrected chi connectivity index (χ0v) is 12.8. The number of alkyl halides is 1. The topological polar surface area (TPSA) is 17.8 Å². The Morgan fingerprint density at radius 1 is 1.42 bits per heavy atom. The van der Waals surface area contributed by atoms with Gasteiger partial charge in [-0.25, -0.2) is 9.37 Å². The van der Waals surface area contributed by atoms with E-state index in [1.165, 1.54) is 12.8 Å². The summed E-state index contributed by atoms with van der Waals surface area (Å²) in [7, 11) is 0. The first kappa shape index (κ1) is 13.4. The lowest BCUT2D eigenvalue weighted by Crippen LogP contribution is -2.05. The summed E-state index contributed by atoms with van der Waals surface area (Å²) in [6.07, 6.45) is 4.54. The zero-order valence-electron chi connectivity index (χ0n) is 10.5. The molecule has 1 saturated carbocycles. The van der Waals surface area contributed by atoms with E-state index in [0.29, 0.717) is 10.4 Å². The van der Waals surface area contributed by atoms with E-state index in [2.05, 4.69) is 25.5 Å². The summed E-state index contributed by atoms with van der Waals surface area (Å²) in [6, 6.07) is 3.31. The van der Waals surface area contributed by atoms with Gasteiger partial charge in [0.2, 0.25) is 0 Å². The van der Waals surface area contributed by atoms with E-state index in [0.717, 1.165) is 42.2 Å². The molecule has 1 aromatic heterocycles. The minimum absolute atomic E-state index is 0.238. The van der Waals surface area contributed by atoms with Gasteiger partial charge in [-0.15, -0.1) is 11.6 Å². The molecule has 0 N–H and O–H groups in total. The summed E-state index contributed by atoms with van der Waals surface area (Å²) in [5, 5.41) is 0. The minimum atomic E-state index is -0.238. The molecule has 3 rings (SSSR count). The Bertz CT molecular complexity index is 607. The Hall–Kier alpha value is -0.610. The van der Waals surface area contributed by atoms with E-state index in [9.17, 15) is 4.39 Å². The highest BCUT2D eigenvalue weighted by molar-refractivity contribution is 9.10. The molecule has 0 atom stereocenters. The Kier molecular flexibility index (Phi) is 3.81. The number of aryl methyl sites for hydroxylation is 2. The van der Waals surface area contributed by atoms with Gasteiger partial charge in [-0.2, -0.15) is 0 Å². The standard InChI is InChI=1S/C14H15BrClFN2/c15-10-7-12-13(8-11(10)17)19(6-4-9-1-2-9)14(18-12)3-5-16/h7-9H,1-6H2. The Morgan fingerprint density at radius 3 is 2.89 bits per heavy atom. The van der Waals surface area contributed by atoms with Crippen LogP contribution in [0.1, 0.15) is 25.1 Å². The molecule has 1 aromatic carbocycles. The van der Waals surface area contributed by atoms with Crippen LogP contribution < -0.4 is 0 Å². The number of imidazole rings is 1. The summed E-state index contributed by atoms with van der Waals surface area (Å²) < 4.78 is 16.3. The summed E-state index contributed by atoms with van der Waals surface area (Å²) in [4.78, 5) is 4.58. The molecule has 0 unspecified atom stereocenters. The van der Waals surface area contributed by atoms with Gasteiger partial charge in [-0.1, -0.05) is 12.8 Å². The highest BCUT2D eigenvalue weighted by atomic mass is 79.9. The summed E-state index contributed by atoms with van der Waals surface area (Å²) in [5.41, 5.74) is 1.71. The van der Waals surface area contributed by atoms with Gasteiger partial charge in [0.25, 0.3) is 0 Å². The quantitative estimate of drug-likeness (QED) is 0.729. The second kappa shape index (κ2) is 5.41. The molecule has 0 radical (unpaired) electrons. The van der Waals surface area contributed by atoms with Gasteiger partial charge in [0, 0.05) is 24.9 Å². The van der Waals surface area contributed by atoms with Crippen LogP contribution in [0.25, 0.3) is 11.0 Å². The van der Waals surface area contributed by atoms with Crippen molar-refractivity contribution in [2.45, 2.75) is 32.2 Å². The van der Waals surface area contributed by atoms with Crippen molar-refractivity contribution < 1.29 is 4.39 Å². The highest BCUT2D eigenvalue weighted by Crippen LogP contribution is 2.33. The summed E-state index contributed by atoms with van der Waals surface area (Å²) >= 11 is 9.05. The van der Waals surface area contributed by atoms with Gasteiger partial charge in [0.05, 0.1) is 15.5 Å². The molecule has 5 heteroatoms. The maximum Gasteiger partial charge on any atom is 0.139 e. The second-order valence-electron chi connectivity index (χ2n) is 5.11. The molecule has 1 aliphatic carbocycles. The van der Waals surface area contributed by atoms with Crippen LogP contribution in [-0.4, -0.2) is 15.4 Å².